The molecule has 1 N–H and O–H groups in total. The summed E-state index contributed by atoms with van der Waals surface area (Å²) in [5.41, 5.74) is 3.18. The molecule has 138 valence electrons. The van der Waals surface area contributed by atoms with Gasteiger partial charge >= 0.3 is 5.97 Å². The number of esters is 1. The van der Waals surface area contributed by atoms with E-state index in [0.717, 1.165) is 26.5 Å². The van der Waals surface area contributed by atoms with Gasteiger partial charge in [0.25, 0.3) is 0 Å². The van der Waals surface area contributed by atoms with E-state index in [4.69, 9.17) is 4.74 Å². The number of carbonyl (C=O) groups excluding carboxylic acids is 1. The number of hydrogen-bond acceptors (Lipinski definition) is 5. The number of hydrogen-bond donors (Lipinski definition) is 1. The highest BCUT2D eigenvalue weighted by atomic mass is 79.9. The minimum atomic E-state index is -0.381. The van der Waals surface area contributed by atoms with Crippen LogP contribution >= 0.6 is 27.3 Å². The van der Waals surface area contributed by atoms with E-state index in [-0.39, 0.29) is 5.97 Å². The molecule has 0 fully saturated rings. The van der Waals surface area contributed by atoms with Gasteiger partial charge in [-0.2, -0.15) is 0 Å². The van der Waals surface area contributed by atoms with Crippen molar-refractivity contribution in [3.8, 4) is 17.0 Å². The van der Waals surface area contributed by atoms with Gasteiger partial charge in [-0.1, -0.05) is 52.3 Å². The van der Waals surface area contributed by atoms with Crippen molar-refractivity contribution in [1.29, 1.82) is 0 Å². The summed E-state index contributed by atoms with van der Waals surface area (Å²) in [6.07, 6.45) is 0. The first kappa shape index (κ1) is 18.4. The van der Waals surface area contributed by atoms with Crippen LogP contribution in [0.25, 0.3) is 11.3 Å². The Labute approximate surface area is 175 Å². The second-order valence-electron chi connectivity index (χ2n) is 5.96. The van der Waals surface area contributed by atoms with Gasteiger partial charge in [0.05, 0.1) is 11.3 Å². The van der Waals surface area contributed by atoms with Crippen molar-refractivity contribution in [1.82, 2.24) is 4.98 Å². The van der Waals surface area contributed by atoms with E-state index in [2.05, 4.69) is 26.2 Å². The zero-order chi connectivity index (χ0) is 19.3. The van der Waals surface area contributed by atoms with Crippen molar-refractivity contribution < 1.29 is 9.53 Å². The predicted octanol–water partition coefficient (Wildman–Crippen LogP) is 6.54. The van der Waals surface area contributed by atoms with Crippen molar-refractivity contribution in [3.63, 3.8) is 0 Å². The Kier molecular flexibility index (Phi) is 5.50. The summed E-state index contributed by atoms with van der Waals surface area (Å²) in [4.78, 5) is 16.9. The highest BCUT2D eigenvalue weighted by Gasteiger charge is 2.10. The van der Waals surface area contributed by atoms with Crippen LogP contribution < -0.4 is 10.1 Å². The maximum Gasteiger partial charge on any atom is 0.343 e. The lowest BCUT2D eigenvalue weighted by molar-refractivity contribution is 0.0735. The number of aromatic nitrogens is 1. The molecule has 4 nitrogen and oxygen atoms in total. The smallest absolute Gasteiger partial charge is 0.343 e. The summed E-state index contributed by atoms with van der Waals surface area (Å²) in [5.74, 6) is 0.105. The Bertz CT molecular complexity index is 1110. The third-order valence-corrected chi connectivity index (χ3v) is 5.18. The molecule has 4 rings (SSSR count). The maximum absolute atomic E-state index is 12.2. The molecule has 0 bridgehead atoms. The second kappa shape index (κ2) is 8.37. The van der Waals surface area contributed by atoms with Crippen molar-refractivity contribution in [3.05, 3.63) is 94.3 Å². The van der Waals surface area contributed by atoms with Crippen molar-refractivity contribution >= 4 is 44.1 Å². The fraction of sp³-hybridized carbons (Fsp3) is 0. The first-order valence-corrected chi connectivity index (χ1v) is 10.2. The lowest BCUT2D eigenvalue weighted by Gasteiger charge is -2.06. The highest BCUT2D eigenvalue weighted by molar-refractivity contribution is 9.10. The second-order valence-corrected chi connectivity index (χ2v) is 7.73. The zero-order valence-electron chi connectivity index (χ0n) is 14.6. The molecule has 0 spiro atoms. The third-order valence-electron chi connectivity index (χ3n) is 3.93. The SMILES string of the molecule is O=C(Oc1cccc(-c2csc(Nc3cccc(Br)c3)n2)c1)c1ccccc1. The van der Waals surface area contributed by atoms with Gasteiger partial charge in [-0.25, -0.2) is 9.78 Å². The molecule has 0 radical (unpaired) electrons. The molecule has 0 aliphatic heterocycles. The van der Waals surface area contributed by atoms with Crippen LogP contribution in [0.3, 0.4) is 0 Å². The average molecular weight is 451 g/mol. The summed E-state index contributed by atoms with van der Waals surface area (Å²) >= 11 is 4.98. The summed E-state index contributed by atoms with van der Waals surface area (Å²) in [5, 5.41) is 6.06. The largest absolute Gasteiger partial charge is 0.423 e. The Morgan fingerprint density at radius 1 is 0.964 bits per heavy atom. The van der Waals surface area contributed by atoms with Crippen LogP contribution in [0, 0.1) is 0 Å². The number of nitrogens with one attached hydrogen (secondary N) is 1. The van der Waals surface area contributed by atoms with E-state index in [0.29, 0.717) is 11.3 Å². The molecule has 4 aromatic rings. The Morgan fingerprint density at radius 2 is 1.79 bits per heavy atom. The van der Waals surface area contributed by atoms with Gasteiger partial charge in [0, 0.05) is 21.1 Å². The minimum absolute atomic E-state index is 0.381. The van der Waals surface area contributed by atoms with E-state index >= 15 is 0 Å². The lowest BCUT2D eigenvalue weighted by atomic mass is 10.1. The Balaban J connectivity index is 1.50. The number of anilines is 2. The average Bonchev–Trinajstić information content (AvgIpc) is 3.17. The molecule has 0 saturated heterocycles. The summed E-state index contributed by atoms with van der Waals surface area (Å²) < 4.78 is 6.50. The normalized spacial score (nSPS) is 10.5. The zero-order valence-corrected chi connectivity index (χ0v) is 17.0. The molecule has 0 amide bonds. The molecule has 0 aliphatic carbocycles. The first-order valence-electron chi connectivity index (χ1n) is 8.53. The number of nitrogens with zero attached hydrogens (tertiary/aromatic N) is 1. The Hall–Kier alpha value is -2.96. The molecule has 1 aromatic heterocycles. The monoisotopic (exact) mass is 450 g/mol. The fourth-order valence-electron chi connectivity index (χ4n) is 2.61. The van der Waals surface area contributed by atoms with Gasteiger partial charge in [-0.05, 0) is 42.5 Å². The molecule has 0 unspecified atom stereocenters. The molecular weight excluding hydrogens is 436 g/mol. The van der Waals surface area contributed by atoms with Crippen LogP contribution in [0.5, 0.6) is 5.75 Å². The summed E-state index contributed by atoms with van der Waals surface area (Å²) in [7, 11) is 0. The molecule has 28 heavy (non-hydrogen) atoms. The molecule has 3 aromatic carbocycles. The van der Waals surface area contributed by atoms with E-state index in [1.54, 1.807) is 18.2 Å². The van der Waals surface area contributed by atoms with E-state index in [9.17, 15) is 4.79 Å². The number of rotatable bonds is 5. The van der Waals surface area contributed by atoms with Crippen LogP contribution in [0.15, 0.2) is 88.7 Å². The Morgan fingerprint density at radius 3 is 2.61 bits per heavy atom. The lowest BCUT2D eigenvalue weighted by Crippen LogP contribution is -2.08. The minimum Gasteiger partial charge on any atom is -0.423 e. The highest BCUT2D eigenvalue weighted by Crippen LogP contribution is 2.30. The van der Waals surface area contributed by atoms with Crippen LogP contribution in [0.4, 0.5) is 10.8 Å². The van der Waals surface area contributed by atoms with Gasteiger partial charge in [0.15, 0.2) is 5.13 Å². The number of ether oxygens (including phenoxy) is 1. The topological polar surface area (TPSA) is 51.2 Å². The van der Waals surface area contributed by atoms with Gasteiger partial charge in [-0.15, -0.1) is 11.3 Å². The van der Waals surface area contributed by atoms with Crippen LogP contribution in [0.2, 0.25) is 0 Å². The summed E-state index contributed by atoms with van der Waals surface area (Å²) in [6.45, 7) is 0. The van der Waals surface area contributed by atoms with Crippen LogP contribution in [-0.4, -0.2) is 11.0 Å². The van der Waals surface area contributed by atoms with E-state index in [1.165, 1.54) is 11.3 Å². The fourth-order valence-corrected chi connectivity index (χ4v) is 3.75. The third kappa shape index (κ3) is 4.47. The van der Waals surface area contributed by atoms with Gasteiger partial charge < -0.3 is 10.1 Å². The first-order chi connectivity index (χ1) is 13.7. The van der Waals surface area contributed by atoms with Crippen LogP contribution in [0.1, 0.15) is 10.4 Å². The molecule has 0 atom stereocenters. The van der Waals surface area contributed by atoms with E-state index < -0.39 is 0 Å². The molecule has 0 saturated carbocycles. The molecule has 1 heterocycles. The molecular formula is C22H15BrN2O2S. The number of carbonyl (C=O) groups is 1. The van der Waals surface area contributed by atoms with Crippen molar-refractivity contribution in [2.24, 2.45) is 0 Å². The van der Waals surface area contributed by atoms with Gasteiger partial charge in [0.1, 0.15) is 5.75 Å². The molecule has 0 aliphatic rings. The number of benzene rings is 3. The number of halogens is 1. The standard InChI is InChI=1S/C22H15BrN2O2S/c23-17-9-5-10-18(13-17)24-22-25-20(14-28-22)16-8-4-11-19(12-16)27-21(26)15-6-2-1-3-7-15/h1-14H,(H,24,25). The quantitative estimate of drug-likeness (QED) is 0.277. The predicted molar refractivity (Wildman–Crippen MR) is 116 cm³/mol. The van der Waals surface area contributed by atoms with E-state index in [1.807, 2.05) is 66.0 Å². The van der Waals surface area contributed by atoms with Gasteiger partial charge in [-0.3, -0.25) is 0 Å². The summed E-state index contributed by atoms with van der Waals surface area (Å²) in [6, 6.07) is 24.2. The van der Waals surface area contributed by atoms with Crippen molar-refractivity contribution in [2.75, 3.05) is 5.32 Å². The van der Waals surface area contributed by atoms with Crippen LogP contribution in [-0.2, 0) is 0 Å². The van der Waals surface area contributed by atoms with Gasteiger partial charge in [0.2, 0.25) is 0 Å². The molecule has 6 heteroatoms. The maximum atomic E-state index is 12.2. The number of thiazole rings is 1. The van der Waals surface area contributed by atoms with Crippen molar-refractivity contribution in [2.45, 2.75) is 0 Å².